The fraction of sp³-hybridized carbons (Fsp3) is 0.385. The van der Waals surface area contributed by atoms with Gasteiger partial charge in [-0.1, -0.05) is 24.3 Å². The number of ether oxygens (including phenoxy) is 1. The van der Waals surface area contributed by atoms with Crippen molar-refractivity contribution in [3.8, 4) is 0 Å². The summed E-state index contributed by atoms with van der Waals surface area (Å²) in [4.78, 5) is 2.39. The van der Waals surface area contributed by atoms with Gasteiger partial charge in [-0.3, -0.25) is 0 Å². The molecule has 2 nitrogen and oxygen atoms in total. The molecule has 0 N–H and O–H groups in total. The van der Waals surface area contributed by atoms with Crippen molar-refractivity contribution in [2.75, 3.05) is 31.7 Å². The Morgan fingerprint density at radius 2 is 2.07 bits per heavy atom. The molecule has 0 aliphatic carbocycles. The Hall–Kier alpha value is -1.28. The Balaban J connectivity index is 1.99. The van der Waals surface area contributed by atoms with Crippen molar-refractivity contribution in [1.82, 2.24) is 0 Å². The average Bonchev–Trinajstić information content (AvgIpc) is 2.32. The van der Waals surface area contributed by atoms with Crippen LogP contribution in [-0.2, 0) is 4.74 Å². The predicted octanol–water partition coefficient (Wildman–Crippen LogP) is 2.47. The number of hydrogen-bond donors (Lipinski definition) is 0. The van der Waals surface area contributed by atoms with E-state index < -0.39 is 0 Å². The van der Waals surface area contributed by atoms with Crippen LogP contribution < -0.4 is 4.90 Å². The molecule has 0 saturated carbocycles. The first-order valence-corrected chi connectivity index (χ1v) is 5.37. The van der Waals surface area contributed by atoms with E-state index in [9.17, 15) is 0 Å². The van der Waals surface area contributed by atoms with Crippen molar-refractivity contribution >= 4 is 5.69 Å². The molecule has 0 fully saturated rings. The highest BCUT2D eigenvalue weighted by Gasteiger charge is 2.11. The van der Waals surface area contributed by atoms with Crippen LogP contribution in [-0.4, -0.2) is 26.8 Å². The molecule has 80 valence electrons. The van der Waals surface area contributed by atoms with E-state index in [-0.39, 0.29) is 0 Å². The van der Waals surface area contributed by atoms with Crippen LogP contribution in [0.2, 0.25) is 0 Å². The minimum absolute atomic E-state index is 0.780. The van der Waals surface area contributed by atoms with E-state index in [1.54, 1.807) is 7.11 Å². The third-order valence-electron chi connectivity index (χ3n) is 2.75. The zero-order chi connectivity index (χ0) is 10.5. The van der Waals surface area contributed by atoms with Gasteiger partial charge in [-0.15, -0.1) is 0 Å². The average molecular weight is 203 g/mol. The molecule has 0 bridgehead atoms. The lowest BCUT2D eigenvalue weighted by molar-refractivity contribution is 0.222. The summed E-state index contributed by atoms with van der Waals surface area (Å²) >= 11 is 0. The number of anilines is 1. The van der Waals surface area contributed by atoms with Gasteiger partial charge in [0.1, 0.15) is 0 Å². The topological polar surface area (TPSA) is 12.5 Å². The Labute approximate surface area is 91.2 Å². The second-order valence-corrected chi connectivity index (χ2v) is 3.83. The van der Waals surface area contributed by atoms with Gasteiger partial charge in [0.05, 0.1) is 6.61 Å². The molecule has 0 saturated heterocycles. The third-order valence-corrected chi connectivity index (χ3v) is 2.75. The van der Waals surface area contributed by atoms with Gasteiger partial charge in [-0.05, 0) is 24.1 Å². The quantitative estimate of drug-likeness (QED) is 0.700. The highest BCUT2D eigenvalue weighted by Crippen LogP contribution is 2.18. The maximum atomic E-state index is 5.14. The SMILES string of the molecule is COCC1=CCN(c2ccccc2)CC1. The first kappa shape index (κ1) is 10.2. The van der Waals surface area contributed by atoms with Gasteiger partial charge in [-0.25, -0.2) is 0 Å². The molecule has 15 heavy (non-hydrogen) atoms. The van der Waals surface area contributed by atoms with Crippen molar-refractivity contribution in [2.24, 2.45) is 0 Å². The number of para-hydroxylation sites is 1. The molecular weight excluding hydrogens is 186 g/mol. The van der Waals surface area contributed by atoms with Crippen LogP contribution in [0.5, 0.6) is 0 Å². The largest absolute Gasteiger partial charge is 0.380 e. The predicted molar refractivity (Wildman–Crippen MR) is 63.2 cm³/mol. The van der Waals surface area contributed by atoms with Crippen LogP contribution in [0.25, 0.3) is 0 Å². The number of benzene rings is 1. The van der Waals surface area contributed by atoms with E-state index in [1.807, 2.05) is 0 Å². The molecule has 1 aromatic carbocycles. The van der Waals surface area contributed by atoms with Gasteiger partial charge < -0.3 is 9.64 Å². The normalized spacial score (nSPS) is 16.3. The monoisotopic (exact) mass is 203 g/mol. The highest BCUT2D eigenvalue weighted by atomic mass is 16.5. The summed E-state index contributed by atoms with van der Waals surface area (Å²) in [6.07, 6.45) is 3.39. The summed E-state index contributed by atoms with van der Waals surface area (Å²) in [7, 11) is 1.75. The fourth-order valence-corrected chi connectivity index (χ4v) is 1.90. The molecule has 0 atom stereocenters. The Morgan fingerprint density at radius 3 is 2.67 bits per heavy atom. The van der Waals surface area contributed by atoms with Crippen molar-refractivity contribution in [1.29, 1.82) is 0 Å². The minimum Gasteiger partial charge on any atom is -0.380 e. The molecule has 0 spiro atoms. The van der Waals surface area contributed by atoms with E-state index in [2.05, 4.69) is 41.3 Å². The van der Waals surface area contributed by atoms with Gasteiger partial charge in [0, 0.05) is 25.9 Å². The second-order valence-electron chi connectivity index (χ2n) is 3.83. The molecule has 0 amide bonds. The lowest BCUT2D eigenvalue weighted by Gasteiger charge is -2.28. The number of nitrogens with zero attached hydrogens (tertiary/aromatic N) is 1. The third kappa shape index (κ3) is 2.60. The molecule has 0 radical (unpaired) electrons. The molecule has 2 rings (SSSR count). The van der Waals surface area contributed by atoms with Crippen LogP contribution >= 0.6 is 0 Å². The molecule has 2 heteroatoms. The van der Waals surface area contributed by atoms with Gasteiger partial charge in [-0.2, -0.15) is 0 Å². The van der Waals surface area contributed by atoms with Gasteiger partial charge in [0.2, 0.25) is 0 Å². The molecule has 1 aromatic rings. The van der Waals surface area contributed by atoms with E-state index in [0.29, 0.717) is 0 Å². The highest BCUT2D eigenvalue weighted by molar-refractivity contribution is 5.47. The lowest BCUT2D eigenvalue weighted by Crippen LogP contribution is -2.29. The molecular formula is C13H17NO. The number of hydrogen-bond acceptors (Lipinski definition) is 2. The van der Waals surface area contributed by atoms with Crippen molar-refractivity contribution in [2.45, 2.75) is 6.42 Å². The van der Waals surface area contributed by atoms with Gasteiger partial charge in [0.15, 0.2) is 0 Å². The Bertz CT molecular complexity index is 332. The van der Waals surface area contributed by atoms with Crippen molar-refractivity contribution in [3.63, 3.8) is 0 Å². The van der Waals surface area contributed by atoms with E-state index in [4.69, 9.17) is 4.74 Å². The first-order valence-electron chi connectivity index (χ1n) is 5.37. The van der Waals surface area contributed by atoms with Gasteiger partial charge in [0.25, 0.3) is 0 Å². The molecule has 0 unspecified atom stereocenters. The maximum absolute atomic E-state index is 5.14. The zero-order valence-electron chi connectivity index (χ0n) is 9.15. The van der Waals surface area contributed by atoms with Crippen LogP contribution in [0.3, 0.4) is 0 Å². The molecule has 1 heterocycles. The second kappa shape index (κ2) is 4.99. The maximum Gasteiger partial charge on any atom is 0.0674 e. The van der Waals surface area contributed by atoms with Crippen molar-refractivity contribution in [3.05, 3.63) is 42.0 Å². The summed E-state index contributed by atoms with van der Waals surface area (Å²) in [5.41, 5.74) is 2.73. The van der Waals surface area contributed by atoms with Crippen molar-refractivity contribution < 1.29 is 4.74 Å². The van der Waals surface area contributed by atoms with E-state index in [1.165, 1.54) is 11.3 Å². The zero-order valence-corrected chi connectivity index (χ0v) is 9.15. The summed E-state index contributed by atoms with van der Waals surface area (Å²) < 4.78 is 5.14. The number of rotatable bonds is 3. The van der Waals surface area contributed by atoms with Crippen LogP contribution in [0.1, 0.15) is 6.42 Å². The standard InChI is InChI=1S/C13H17NO/c1-15-11-12-7-9-14(10-8-12)13-5-3-2-4-6-13/h2-7H,8-11H2,1H3. The van der Waals surface area contributed by atoms with Gasteiger partial charge >= 0.3 is 0 Å². The molecule has 1 aliphatic heterocycles. The molecule has 1 aliphatic rings. The Kier molecular flexibility index (Phi) is 3.41. The van der Waals surface area contributed by atoms with E-state index >= 15 is 0 Å². The van der Waals surface area contributed by atoms with Crippen LogP contribution in [0, 0.1) is 0 Å². The lowest BCUT2D eigenvalue weighted by atomic mass is 10.1. The smallest absolute Gasteiger partial charge is 0.0674 e. The summed E-state index contributed by atoms with van der Waals surface area (Å²) in [5, 5.41) is 0. The Morgan fingerprint density at radius 1 is 1.27 bits per heavy atom. The minimum atomic E-state index is 0.780. The van der Waals surface area contributed by atoms with Crippen LogP contribution in [0.15, 0.2) is 42.0 Å². The van der Waals surface area contributed by atoms with Crippen LogP contribution in [0.4, 0.5) is 5.69 Å². The number of methoxy groups -OCH3 is 1. The fourth-order valence-electron chi connectivity index (χ4n) is 1.90. The molecule has 0 aromatic heterocycles. The van der Waals surface area contributed by atoms with E-state index in [0.717, 1.165) is 26.1 Å². The summed E-state index contributed by atoms with van der Waals surface area (Å²) in [5.74, 6) is 0. The summed E-state index contributed by atoms with van der Waals surface area (Å²) in [6.45, 7) is 2.88. The first-order chi connectivity index (χ1) is 7.40. The summed E-state index contributed by atoms with van der Waals surface area (Å²) in [6, 6.07) is 10.6.